The summed E-state index contributed by atoms with van der Waals surface area (Å²) in [6.07, 6.45) is 5.73. The summed E-state index contributed by atoms with van der Waals surface area (Å²) in [5, 5.41) is 19.1. The average Bonchev–Trinajstić information content (AvgIpc) is 3.35. The summed E-state index contributed by atoms with van der Waals surface area (Å²) in [4.78, 5) is 9.08. The van der Waals surface area contributed by atoms with Gasteiger partial charge >= 0.3 is 0 Å². The van der Waals surface area contributed by atoms with Crippen molar-refractivity contribution in [1.29, 1.82) is 0 Å². The predicted octanol–water partition coefficient (Wildman–Crippen LogP) is 0.894. The molecule has 0 fully saturated rings. The first-order chi connectivity index (χ1) is 13.2. The molecule has 2 aromatic heterocycles. The van der Waals surface area contributed by atoms with Crippen LogP contribution in [-0.2, 0) is 0 Å². The molecule has 0 amide bonds. The second-order valence-electron chi connectivity index (χ2n) is 6.19. The van der Waals surface area contributed by atoms with Crippen LogP contribution in [-0.4, -0.2) is 45.2 Å². The Hall–Kier alpha value is -3.10. The number of nitrogens with one attached hydrogen (secondary N) is 1. The summed E-state index contributed by atoms with van der Waals surface area (Å²) in [6, 6.07) is 9.82. The Balaban J connectivity index is 1.76. The highest BCUT2D eigenvalue weighted by molar-refractivity contribution is 6.06. The fourth-order valence-electron chi connectivity index (χ4n) is 3.05. The number of aromatic nitrogens is 3. The van der Waals surface area contributed by atoms with E-state index in [-0.39, 0.29) is 18.5 Å². The Morgan fingerprint density at radius 2 is 2.11 bits per heavy atom. The topological polar surface area (TPSA) is 91.4 Å². The van der Waals surface area contributed by atoms with Gasteiger partial charge in [-0.2, -0.15) is 0 Å². The van der Waals surface area contributed by atoms with E-state index < -0.39 is 0 Å². The molecule has 8 heteroatoms. The van der Waals surface area contributed by atoms with E-state index in [0.717, 1.165) is 16.9 Å². The third kappa shape index (κ3) is 3.71. The van der Waals surface area contributed by atoms with Crippen LogP contribution in [0.1, 0.15) is 17.4 Å². The van der Waals surface area contributed by atoms with Gasteiger partial charge < -0.3 is 15.7 Å². The van der Waals surface area contributed by atoms with Crippen molar-refractivity contribution in [1.82, 2.24) is 14.6 Å². The van der Waals surface area contributed by atoms with Crippen molar-refractivity contribution in [2.45, 2.75) is 6.04 Å². The van der Waals surface area contributed by atoms with Crippen molar-refractivity contribution in [3.8, 4) is 0 Å². The lowest BCUT2D eigenvalue weighted by atomic mass is 10.1. The molecular formula is C19H20FN6O+. The van der Waals surface area contributed by atoms with Crippen LogP contribution in [0.4, 0.5) is 10.2 Å². The number of quaternary nitrogens is 1. The van der Waals surface area contributed by atoms with Gasteiger partial charge in [0.25, 0.3) is 0 Å². The van der Waals surface area contributed by atoms with Crippen molar-refractivity contribution < 1.29 is 14.8 Å². The van der Waals surface area contributed by atoms with Gasteiger partial charge in [-0.25, -0.2) is 13.9 Å². The molecule has 3 aromatic rings. The number of halogens is 1. The van der Waals surface area contributed by atoms with Gasteiger partial charge in [-0.1, -0.05) is 6.08 Å². The number of anilines is 1. The lowest BCUT2D eigenvalue weighted by Crippen LogP contribution is -2.86. The van der Waals surface area contributed by atoms with Gasteiger partial charge in [0.05, 0.1) is 19.7 Å². The highest BCUT2D eigenvalue weighted by atomic mass is 19.1. The van der Waals surface area contributed by atoms with Gasteiger partial charge in [-0.05, 0) is 42.5 Å². The maximum atomic E-state index is 13.3. The highest BCUT2D eigenvalue weighted by Crippen LogP contribution is 2.21. The van der Waals surface area contributed by atoms with Gasteiger partial charge in [0, 0.05) is 11.8 Å². The molecule has 27 heavy (non-hydrogen) atoms. The molecule has 3 heterocycles. The van der Waals surface area contributed by atoms with E-state index in [1.54, 1.807) is 16.6 Å². The minimum absolute atomic E-state index is 0.0240. The Kier molecular flexibility index (Phi) is 4.91. The number of aliphatic hydroxyl groups excluding tert-OH is 1. The number of aliphatic hydroxyl groups is 1. The van der Waals surface area contributed by atoms with Crippen LogP contribution in [0.25, 0.3) is 5.52 Å². The van der Waals surface area contributed by atoms with Crippen molar-refractivity contribution in [2.24, 2.45) is 4.99 Å². The van der Waals surface area contributed by atoms with E-state index in [0.29, 0.717) is 24.7 Å². The van der Waals surface area contributed by atoms with E-state index in [1.165, 1.54) is 12.1 Å². The number of rotatable bonds is 6. The van der Waals surface area contributed by atoms with E-state index in [4.69, 9.17) is 4.98 Å². The third-order valence-corrected chi connectivity index (χ3v) is 4.34. The number of amidine groups is 1. The quantitative estimate of drug-likeness (QED) is 0.604. The Morgan fingerprint density at radius 1 is 1.26 bits per heavy atom. The number of benzene rings is 1. The fraction of sp³-hybridized carbons (Fsp3) is 0.211. The number of hydrogen-bond donors (Lipinski definition) is 3. The van der Waals surface area contributed by atoms with Crippen LogP contribution in [0.2, 0.25) is 0 Å². The summed E-state index contributed by atoms with van der Waals surface area (Å²) in [7, 11) is 0. The molecule has 138 valence electrons. The van der Waals surface area contributed by atoms with E-state index in [2.05, 4.69) is 15.4 Å². The zero-order valence-electron chi connectivity index (χ0n) is 14.6. The Bertz CT molecular complexity index is 995. The summed E-state index contributed by atoms with van der Waals surface area (Å²) >= 11 is 0. The fourth-order valence-corrected chi connectivity index (χ4v) is 3.05. The first-order valence-electron chi connectivity index (χ1n) is 8.77. The molecule has 0 radical (unpaired) electrons. The minimum Gasteiger partial charge on any atom is -0.391 e. The zero-order valence-corrected chi connectivity index (χ0v) is 14.6. The number of hydrogen-bond acceptors (Lipinski definition) is 5. The van der Waals surface area contributed by atoms with Crippen LogP contribution < -0.4 is 10.6 Å². The zero-order chi connectivity index (χ0) is 18.6. The second kappa shape index (κ2) is 7.65. The normalized spacial score (nSPS) is 14.5. The summed E-state index contributed by atoms with van der Waals surface area (Å²) in [5.74, 6) is 1.67. The van der Waals surface area contributed by atoms with Crippen LogP contribution in [0, 0.1) is 5.82 Å². The minimum atomic E-state index is -0.296. The molecule has 1 aliphatic heterocycles. The van der Waals surface area contributed by atoms with E-state index >= 15 is 0 Å². The maximum Gasteiger partial charge on any atom is 0.214 e. The Labute approximate surface area is 155 Å². The van der Waals surface area contributed by atoms with E-state index in [9.17, 15) is 9.50 Å². The maximum absolute atomic E-state index is 13.3. The van der Waals surface area contributed by atoms with Crippen molar-refractivity contribution in [2.75, 3.05) is 25.0 Å². The number of fused-ring (bicyclic) bond motifs is 1. The molecule has 0 aliphatic carbocycles. The molecule has 4 N–H and O–H groups in total. The van der Waals surface area contributed by atoms with Gasteiger partial charge in [-0.3, -0.25) is 4.99 Å². The SMILES string of the molecule is OCC[NH2+]C(c1ccc(F)cc1)c1nc(NC2=NCC=C2)c2cccn2n1. The molecule has 1 atom stereocenters. The molecule has 4 rings (SSSR count). The average molecular weight is 367 g/mol. The molecule has 0 saturated carbocycles. The lowest BCUT2D eigenvalue weighted by Gasteiger charge is -2.16. The van der Waals surface area contributed by atoms with Crippen LogP contribution in [0.3, 0.4) is 0 Å². The van der Waals surface area contributed by atoms with Crippen LogP contribution >= 0.6 is 0 Å². The molecular weight excluding hydrogens is 347 g/mol. The highest BCUT2D eigenvalue weighted by Gasteiger charge is 2.23. The van der Waals surface area contributed by atoms with Gasteiger partial charge in [0.1, 0.15) is 17.2 Å². The molecule has 1 aromatic carbocycles. The standard InChI is InChI=1S/C19H19FN6O/c20-14-7-5-13(6-8-14)17(22-10-12-27)19-24-18(23-16-4-1-9-21-16)15-3-2-11-26(15)25-19/h1-8,11,17,22,27H,9-10,12H2,(H,21,23,24,25)/p+1. The van der Waals surface area contributed by atoms with Gasteiger partial charge in [-0.15, -0.1) is 5.10 Å². The molecule has 0 saturated heterocycles. The summed E-state index contributed by atoms with van der Waals surface area (Å²) in [5.41, 5.74) is 1.70. The number of aliphatic imine (C=N–C) groups is 1. The largest absolute Gasteiger partial charge is 0.391 e. The third-order valence-electron chi connectivity index (χ3n) is 4.34. The second-order valence-corrected chi connectivity index (χ2v) is 6.19. The van der Waals surface area contributed by atoms with Crippen LogP contribution in [0.5, 0.6) is 0 Å². The lowest BCUT2D eigenvalue weighted by molar-refractivity contribution is -0.689. The molecule has 7 nitrogen and oxygen atoms in total. The Morgan fingerprint density at radius 3 is 2.85 bits per heavy atom. The van der Waals surface area contributed by atoms with Gasteiger partial charge in [0.15, 0.2) is 11.9 Å². The van der Waals surface area contributed by atoms with Crippen molar-refractivity contribution in [3.63, 3.8) is 0 Å². The smallest absolute Gasteiger partial charge is 0.214 e. The van der Waals surface area contributed by atoms with Crippen molar-refractivity contribution >= 4 is 17.2 Å². The van der Waals surface area contributed by atoms with Crippen molar-refractivity contribution in [3.05, 3.63) is 72.0 Å². The monoisotopic (exact) mass is 367 g/mol. The summed E-state index contributed by atoms with van der Waals surface area (Å²) < 4.78 is 15.1. The molecule has 1 aliphatic rings. The molecule has 1 unspecified atom stereocenters. The predicted molar refractivity (Wildman–Crippen MR) is 100 cm³/mol. The first-order valence-corrected chi connectivity index (χ1v) is 8.77. The van der Waals surface area contributed by atoms with Crippen LogP contribution in [0.15, 0.2) is 59.7 Å². The van der Waals surface area contributed by atoms with E-state index in [1.807, 2.05) is 35.8 Å². The first kappa shape index (κ1) is 17.3. The van der Waals surface area contributed by atoms with Gasteiger partial charge in [0.2, 0.25) is 5.82 Å². The molecule has 0 bridgehead atoms. The number of nitrogens with two attached hydrogens (primary N) is 1. The molecule has 0 spiro atoms. The summed E-state index contributed by atoms with van der Waals surface area (Å²) in [6.45, 7) is 1.16. The number of nitrogens with zero attached hydrogens (tertiary/aromatic N) is 4.